The van der Waals surface area contributed by atoms with E-state index in [1.807, 2.05) is 60.9 Å². The Labute approximate surface area is 134 Å². The first-order valence-corrected chi connectivity index (χ1v) is 8.31. The number of amides is 2. The Morgan fingerprint density at radius 2 is 1.95 bits per heavy atom. The molecule has 2 amide bonds. The Hall–Kier alpha value is -1.98. The van der Waals surface area contributed by atoms with E-state index in [2.05, 4.69) is 10.6 Å². The van der Waals surface area contributed by atoms with Crippen molar-refractivity contribution in [2.24, 2.45) is 0 Å². The number of hydrogen-bond donors (Lipinski definition) is 3. The summed E-state index contributed by atoms with van der Waals surface area (Å²) in [6.45, 7) is 0.211. The highest BCUT2D eigenvalue weighted by Gasteiger charge is 2.08. The van der Waals surface area contributed by atoms with E-state index in [0.29, 0.717) is 6.42 Å². The van der Waals surface area contributed by atoms with E-state index in [4.69, 9.17) is 0 Å². The summed E-state index contributed by atoms with van der Waals surface area (Å²) < 4.78 is 0. The molecule has 22 heavy (non-hydrogen) atoms. The van der Waals surface area contributed by atoms with E-state index in [-0.39, 0.29) is 12.6 Å². The Morgan fingerprint density at radius 3 is 2.68 bits per heavy atom. The van der Waals surface area contributed by atoms with Crippen molar-refractivity contribution in [3.8, 4) is 0 Å². The maximum atomic E-state index is 11.8. The largest absolute Gasteiger partial charge is 0.391 e. The van der Waals surface area contributed by atoms with E-state index < -0.39 is 6.10 Å². The molecule has 2 aromatic carbocycles. The predicted molar refractivity (Wildman–Crippen MR) is 91.4 cm³/mol. The van der Waals surface area contributed by atoms with Gasteiger partial charge in [0, 0.05) is 23.5 Å². The molecule has 0 radical (unpaired) electrons. The number of rotatable bonds is 6. The zero-order valence-electron chi connectivity index (χ0n) is 12.5. The van der Waals surface area contributed by atoms with Crippen LogP contribution in [-0.2, 0) is 6.42 Å². The van der Waals surface area contributed by atoms with Gasteiger partial charge in [0.2, 0.25) is 0 Å². The Morgan fingerprint density at radius 1 is 1.18 bits per heavy atom. The van der Waals surface area contributed by atoms with Crippen LogP contribution in [0.1, 0.15) is 5.56 Å². The van der Waals surface area contributed by atoms with E-state index >= 15 is 0 Å². The van der Waals surface area contributed by atoms with E-state index in [9.17, 15) is 9.90 Å². The van der Waals surface area contributed by atoms with Crippen LogP contribution in [0.3, 0.4) is 0 Å². The molecule has 0 saturated heterocycles. The highest BCUT2D eigenvalue weighted by molar-refractivity contribution is 7.98. The van der Waals surface area contributed by atoms with Crippen molar-refractivity contribution in [1.29, 1.82) is 0 Å². The lowest BCUT2D eigenvalue weighted by molar-refractivity contribution is 0.172. The fourth-order valence-corrected chi connectivity index (χ4v) is 2.50. The summed E-state index contributed by atoms with van der Waals surface area (Å²) in [7, 11) is 0. The van der Waals surface area contributed by atoms with Crippen molar-refractivity contribution in [2.75, 3.05) is 18.1 Å². The zero-order chi connectivity index (χ0) is 15.8. The standard InChI is InChI=1S/C17H20N2O2S/c1-22-16-9-5-8-14(11-16)19-17(21)18-12-15(20)10-13-6-3-2-4-7-13/h2-9,11,15,20H,10,12H2,1H3,(H2,18,19,21). The molecule has 0 aliphatic carbocycles. The lowest BCUT2D eigenvalue weighted by Gasteiger charge is -2.13. The summed E-state index contributed by atoms with van der Waals surface area (Å²) in [5.74, 6) is 0. The molecule has 1 unspecified atom stereocenters. The average Bonchev–Trinajstić information content (AvgIpc) is 2.54. The lowest BCUT2D eigenvalue weighted by Crippen LogP contribution is -2.36. The SMILES string of the molecule is CSc1cccc(NC(=O)NCC(O)Cc2ccccc2)c1. The van der Waals surface area contributed by atoms with Crippen LogP contribution in [0, 0.1) is 0 Å². The molecule has 1 atom stereocenters. The molecular formula is C17H20N2O2S. The van der Waals surface area contributed by atoms with E-state index in [0.717, 1.165) is 16.1 Å². The van der Waals surface area contributed by atoms with Gasteiger partial charge in [-0.1, -0.05) is 36.4 Å². The first-order chi connectivity index (χ1) is 10.7. The molecule has 0 aromatic heterocycles. The minimum atomic E-state index is -0.606. The van der Waals surface area contributed by atoms with Crippen LogP contribution < -0.4 is 10.6 Å². The van der Waals surface area contributed by atoms with Gasteiger partial charge >= 0.3 is 6.03 Å². The molecule has 0 spiro atoms. The van der Waals surface area contributed by atoms with Crippen LogP contribution in [0.5, 0.6) is 0 Å². The number of urea groups is 1. The highest BCUT2D eigenvalue weighted by Crippen LogP contribution is 2.18. The van der Waals surface area contributed by atoms with Crippen molar-refractivity contribution in [1.82, 2.24) is 5.32 Å². The molecule has 0 fully saturated rings. The highest BCUT2D eigenvalue weighted by atomic mass is 32.2. The molecule has 4 nitrogen and oxygen atoms in total. The molecule has 0 bridgehead atoms. The van der Waals surface area contributed by atoms with Crippen molar-refractivity contribution in [2.45, 2.75) is 17.4 Å². The molecule has 3 N–H and O–H groups in total. The van der Waals surface area contributed by atoms with E-state index in [1.54, 1.807) is 11.8 Å². The molecule has 0 aliphatic rings. The third-order valence-electron chi connectivity index (χ3n) is 3.14. The van der Waals surface area contributed by atoms with Crippen molar-refractivity contribution in [3.05, 3.63) is 60.2 Å². The number of hydrogen-bond acceptors (Lipinski definition) is 3. The Kier molecular flexibility index (Phi) is 6.30. The molecule has 2 rings (SSSR count). The van der Waals surface area contributed by atoms with Crippen molar-refractivity contribution in [3.63, 3.8) is 0 Å². The average molecular weight is 316 g/mol. The van der Waals surface area contributed by atoms with Crippen LogP contribution in [0.4, 0.5) is 10.5 Å². The normalized spacial score (nSPS) is 11.7. The number of aliphatic hydroxyl groups is 1. The molecule has 5 heteroatoms. The van der Waals surface area contributed by atoms with Gasteiger partial charge in [-0.2, -0.15) is 0 Å². The minimum absolute atomic E-state index is 0.211. The second-order valence-electron chi connectivity index (χ2n) is 4.91. The number of aliphatic hydroxyl groups excluding tert-OH is 1. The molecule has 2 aromatic rings. The van der Waals surface area contributed by atoms with Crippen molar-refractivity contribution >= 4 is 23.5 Å². The number of carbonyl (C=O) groups excluding carboxylic acids is 1. The summed E-state index contributed by atoms with van der Waals surface area (Å²) in [6, 6.07) is 17.0. The van der Waals surface area contributed by atoms with Gasteiger partial charge in [-0.05, 0) is 30.0 Å². The van der Waals surface area contributed by atoms with Gasteiger partial charge in [0.25, 0.3) is 0 Å². The first kappa shape index (κ1) is 16.4. The number of benzene rings is 2. The second kappa shape index (κ2) is 8.46. The number of nitrogens with one attached hydrogen (secondary N) is 2. The fraction of sp³-hybridized carbons (Fsp3) is 0.235. The third kappa shape index (κ3) is 5.42. The molecule has 116 valence electrons. The summed E-state index contributed by atoms with van der Waals surface area (Å²) in [5.41, 5.74) is 1.78. The maximum Gasteiger partial charge on any atom is 0.319 e. The van der Waals surface area contributed by atoms with Crippen LogP contribution in [0.15, 0.2) is 59.5 Å². The van der Waals surface area contributed by atoms with Gasteiger partial charge in [0.1, 0.15) is 0 Å². The topological polar surface area (TPSA) is 61.4 Å². The van der Waals surface area contributed by atoms with Crippen LogP contribution >= 0.6 is 11.8 Å². The monoisotopic (exact) mass is 316 g/mol. The third-order valence-corrected chi connectivity index (χ3v) is 3.87. The first-order valence-electron chi connectivity index (χ1n) is 7.08. The van der Waals surface area contributed by atoms with Gasteiger partial charge < -0.3 is 15.7 Å². The van der Waals surface area contributed by atoms with Gasteiger partial charge in [0.05, 0.1) is 6.10 Å². The second-order valence-corrected chi connectivity index (χ2v) is 5.79. The lowest BCUT2D eigenvalue weighted by atomic mass is 10.1. The molecule has 0 aliphatic heterocycles. The maximum absolute atomic E-state index is 11.8. The Bertz CT molecular complexity index is 605. The number of thioether (sulfide) groups is 1. The quantitative estimate of drug-likeness (QED) is 0.718. The minimum Gasteiger partial charge on any atom is -0.391 e. The summed E-state index contributed by atoms with van der Waals surface area (Å²) in [6.07, 6.45) is 1.90. The molecule has 0 heterocycles. The number of anilines is 1. The Balaban J connectivity index is 1.77. The summed E-state index contributed by atoms with van der Waals surface area (Å²) in [5, 5.41) is 15.4. The van der Waals surface area contributed by atoms with Gasteiger partial charge in [-0.15, -0.1) is 11.8 Å². The summed E-state index contributed by atoms with van der Waals surface area (Å²) >= 11 is 1.62. The van der Waals surface area contributed by atoms with Crippen LogP contribution in [0.2, 0.25) is 0 Å². The summed E-state index contributed by atoms with van der Waals surface area (Å²) in [4.78, 5) is 12.9. The molecular weight excluding hydrogens is 296 g/mol. The number of carbonyl (C=O) groups is 1. The zero-order valence-corrected chi connectivity index (χ0v) is 13.3. The fourth-order valence-electron chi connectivity index (χ4n) is 2.04. The van der Waals surface area contributed by atoms with Crippen molar-refractivity contribution < 1.29 is 9.90 Å². The smallest absolute Gasteiger partial charge is 0.319 e. The van der Waals surface area contributed by atoms with Gasteiger partial charge in [-0.3, -0.25) is 0 Å². The molecule has 0 saturated carbocycles. The van der Waals surface area contributed by atoms with Crippen LogP contribution in [-0.4, -0.2) is 30.0 Å². The predicted octanol–water partition coefficient (Wildman–Crippen LogP) is 3.13. The van der Waals surface area contributed by atoms with E-state index in [1.165, 1.54) is 0 Å². The van der Waals surface area contributed by atoms with Crippen LogP contribution in [0.25, 0.3) is 0 Å². The van der Waals surface area contributed by atoms with Gasteiger partial charge in [0.15, 0.2) is 0 Å². The van der Waals surface area contributed by atoms with Gasteiger partial charge in [-0.25, -0.2) is 4.79 Å².